The first-order valence-corrected chi connectivity index (χ1v) is 6.58. The summed E-state index contributed by atoms with van der Waals surface area (Å²) >= 11 is 5.95. The largest absolute Gasteiger partial charge is 0.492 e. The number of benzene rings is 1. The minimum absolute atomic E-state index is 0.173. The molecule has 0 radical (unpaired) electrons. The molecule has 0 amide bonds. The highest BCUT2D eigenvalue weighted by atomic mass is 35.5. The molecule has 4 heteroatoms. The molecule has 0 heterocycles. The van der Waals surface area contributed by atoms with Gasteiger partial charge in [-0.1, -0.05) is 31.9 Å². The van der Waals surface area contributed by atoms with E-state index in [0.29, 0.717) is 23.3 Å². The zero-order valence-corrected chi connectivity index (χ0v) is 11.5. The van der Waals surface area contributed by atoms with E-state index in [1.165, 1.54) is 18.6 Å². The van der Waals surface area contributed by atoms with Gasteiger partial charge in [0.05, 0.1) is 17.2 Å². The first-order chi connectivity index (χ1) is 8.54. The molecule has 0 aliphatic carbocycles. The van der Waals surface area contributed by atoms with Crippen LogP contribution in [-0.2, 0) is 0 Å². The number of hydrogen-bond acceptors (Lipinski definition) is 2. The molecule has 1 unspecified atom stereocenters. The van der Waals surface area contributed by atoms with Crippen LogP contribution in [0.25, 0.3) is 0 Å². The van der Waals surface area contributed by atoms with Gasteiger partial charge < -0.3 is 9.84 Å². The van der Waals surface area contributed by atoms with E-state index >= 15 is 0 Å². The second-order valence-corrected chi connectivity index (χ2v) is 4.86. The van der Waals surface area contributed by atoms with Crippen molar-refractivity contribution in [2.24, 2.45) is 5.92 Å². The van der Waals surface area contributed by atoms with E-state index in [0.717, 1.165) is 12.8 Å². The van der Waals surface area contributed by atoms with Crippen molar-refractivity contribution in [2.45, 2.75) is 33.1 Å². The topological polar surface area (TPSA) is 46.5 Å². The minimum atomic E-state index is -0.986. The Balaban J connectivity index is 2.46. The fourth-order valence-corrected chi connectivity index (χ4v) is 1.80. The normalized spacial score (nSPS) is 12.2. The summed E-state index contributed by atoms with van der Waals surface area (Å²) in [6.07, 6.45) is 3.28. The van der Waals surface area contributed by atoms with Crippen LogP contribution in [0.2, 0.25) is 5.02 Å². The van der Waals surface area contributed by atoms with Crippen molar-refractivity contribution < 1.29 is 14.6 Å². The maximum atomic E-state index is 10.7. The molecule has 0 aliphatic rings. The van der Waals surface area contributed by atoms with E-state index in [9.17, 15) is 4.79 Å². The summed E-state index contributed by atoms with van der Waals surface area (Å²) in [6, 6.07) is 4.52. The van der Waals surface area contributed by atoms with Crippen molar-refractivity contribution in [3.63, 3.8) is 0 Å². The van der Waals surface area contributed by atoms with Crippen molar-refractivity contribution in [1.82, 2.24) is 0 Å². The number of hydrogen-bond donors (Lipinski definition) is 1. The minimum Gasteiger partial charge on any atom is -0.492 e. The molecule has 1 aromatic rings. The van der Waals surface area contributed by atoms with Crippen LogP contribution in [-0.4, -0.2) is 17.7 Å². The highest BCUT2D eigenvalue weighted by molar-refractivity contribution is 6.32. The summed E-state index contributed by atoms with van der Waals surface area (Å²) in [5.74, 6) is 0.268. The summed E-state index contributed by atoms with van der Waals surface area (Å²) in [6.45, 7) is 5.00. The molecule has 1 aromatic carbocycles. The van der Waals surface area contributed by atoms with Crippen LogP contribution in [0.3, 0.4) is 0 Å². The Morgan fingerprint density at radius 3 is 2.78 bits per heavy atom. The van der Waals surface area contributed by atoms with Gasteiger partial charge in [0.15, 0.2) is 0 Å². The first kappa shape index (κ1) is 14.8. The van der Waals surface area contributed by atoms with Gasteiger partial charge in [0, 0.05) is 0 Å². The van der Waals surface area contributed by atoms with Crippen LogP contribution in [0.5, 0.6) is 5.75 Å². The Kier molecular flexibility index (Phi) is 5.99. The smallest absolute Gasteiger partial charge is 0.335 e. The molecule has 1 atom stereocenters. The van der Waals surface area contributed by atoms with Gasteiger partial charge in [-0.15, -0.1) is 0 Å². The van der Waals surface area contributed by atoms with E-state index in [-0.39, 0.29) is 5.56 Å². The Labute approximate surface area is 113 Å². The molecule has 1 N–H and O–H groups in total. The quantitative estimate of drug-likeness (QED) is 0.754. The molecule has 1 rings (SSSR count). The van der Waals surface area contributed by atoms with Crippen LogP contribution >= 0.6 is 11.6 Å². The van der Waals surface area contributed by atoms with Crippen molar-refractivity contribution in [2.75, 3.05) is 6.61 Å². The second-order valence-electron chi connectivity index (χ2n) is 4.45. The zero-order valence-electron chi connectivity index (χ0n) is 10.8. The molecule has 0 fully saturated rings. The molecule has 3 nitrogen and oxygen atoms in total. The van der Waals surface area contributed by atoms with Crippen molar-refractivity contribution in [3.05, 3.63) is 28.8 Å². The number of carboxylic acid groups (broad SMARTS) is 1. The molecule has 0 bridgehead atoms. The molecule has 0 spiro atoms. The van der Waals surface area contributed by atoms with Gasteiger partial charge in [0.1, 0.15) is 5.75 Å². The first-order valence-electron chi connectivity index (χ1n) is 6.20. The van der Waals surface area contributed by atoms with E-state index < -0.39 is 5.97 Å². The molecule has 0 saturated heterocycles. The molecule has 18 heavy (non-hydrogen) atoms. The summed E-state index contributed by atoms with van der Waals surface area (Å²) in [5.41, 5.74) is 0.173. The third-order valence-corrected chi connectivity index (χ3v) is 3.27. The number of carboxylic acids is 1. The number of halogens is 1. The molecule has 0 saturated carbocycles. The van der Waals surface area contributed by atoms with Crippen LogP contribution in [0.1, 0.15) is 43.5 Å². The van der Waals surface area contributed by atoms with Gasteiger partial charge in [0.25, 0.3) is 0 Å². The van der Waals surface area contributed by atoms with Gasteiger partial charge in [-0.2, -0.15) is 0 Å². The van der Waals surface area contributed by atoms with E-state index in [1.807, 2.05) is 0 Å². The summed E-state index contributed by atoms with van der Waals surface area (Å²) in [4.78, 5) is 10.7. The Morgan fingerprint density at radius 2 is 2.22 bits per heavy atom. The average Bonchev–Trinajstić information content (AvgIpc) is 2.35. The second kappa shape index (κ2) is 7.27. The molecule has 0 aliphatic heterocycles. The van der Waals surface area contributed by atoms with Gasteiger partial charge >= 0.3 is 5.97 Å². The molecular weight excluding hydrogens is 252 g/mol. The van der Waals surface area contributed by atoms with Crippen LogP contribution < -0.4 is 4.74 Å². The molecule has 100 valence electrons. The molecule has 0 aromatic heterocycles. The summed E-state index contributed by atoms with van der Waals surface area (Å²) < 4.78 is 5.54. The zero-order chi connectivity index (χ0) is 13.5. The van der Waals surface area contributed by atoms with Gasteiger partial charge in [-0.3, -0.25) is 0 Å². The highest BCUT2D eigenvalue weighted by Crippen LogP contribution is 2.25. The molecular formula is C14H19ClO3. The van der Waals surface area contributed by atoms with E-state index in [2.05, 4.69) is 13.8 Å². The number of rotatable bonds is 7. The van der Waals surface area contributed by atoms with Gasteiger partial charge in [0.2, 0.25) is 0 Å². The summed E-state index contributed by atoms with van der Waals surface area (Å²) in [5, 5.41) is 9.15. The number of aromatic carboxylic acids is 1. The van der Waals surface area contributed by atoms with Crippen LogP contribution in [0.15, 0.2) is 18.2 Å². The summed E-state index contributed by atoms with van der Waals surface area (Å²) in [7, 11) is 0. The van der Waals surface area contributed by atoms with Crippen LogP contribution in [0, 0.1) is 5.92 Å². The lowest BCUT2D eigenvalue weighted by Crippen LogP contribution is -2.02. The van der Waals surface area contributed by atoms with Crippen molar-refractivity contribution in [3.8, 4) is 5.75 Å². The van der Waals surface area contributed by atoms with E-state index in [1.54, 1.807) is 6.07 Å². The fraction of sp³-hybridized carbons (Fsp3) is 0.500. The predicted octanol–water partition coefficient (Wildman–Crippen LogP) is 4.24. The monoisotopic (exact) mass is 270 g/mol. The van der Waals surface area contributed by atoms with Crippen molar-refractivity contribution >= 4 is 17.6 Å². The Morgan fingerprint density at radius 1 is 1.50 bits per heavy atom. The van der Waals surface area contributed by atoms with Crippen molar-refractivity contribution in [1.29, 1.82) is 0 Å². The Bertz CT molecular complexity index is 404. The maximum absolute atomic E-state index is 10.7. The lowest BCUT2D eigenvalue weighted by molar-refractivity contribution is 0.0697. The lowest BCUT2D eigenvalue weighted by Gasteiger charge is -2.10. The number of carbonyl (C=O) groups is 1. The average molecular weight is 271 g/mol. The SMILES string of the molecule is CCC(C)CCCOc1ccc(C(=O)O)cc1Cl. The third kappa shape index (κ3) is 4.57. The maximum Gasteiger partial charge on any atom is 0.335 e. The van der Waals surface area contributed by atoms with Gasteiger partial charge in [-0.05, 0) is 37.0 Å². The van der Waals surface area contributed by atoms with Crippen LogP contribution in [0.4, 0.5) is 0 Å². The number of ether oxygens (including phenoxy) is 1. The van der Waals surface area contributed by atoms with Gasteiger partial charge in [-0.25, -0.2) is 4.79 Å². The Hall–Kier alpha value is -1.22. The fourth-order valence-electron chi connectivity index (χ4n) is 1.57. The predicted molar refractivity (Wildman–Crippen MR) is 72.6 cm³/mol. The van der Waals surface area contributed by atoms with E-state index in [4.69, 9.17) is 21.4 Å². The third-order valence-electron chi connectivity index (χ3n) is 2.97. The lowest BCUT2D eigenvalue weighted by atomic mass is 10.0. The highest BCUT2D eigenvalue weighted by Gasteiger charge is 2.08. The standard InChI is InChI=1S/C14H19ClO3/c1-3-10(2)5-4-8-18-13-7-6-11(14(16)17)9-12(13)15/h6-7,9-10H,3-5,8H2,1-2H3,(H,16,17).